The fraction of sp³-hybridized carbons (Fsp3) is 0.533. The van der Waals surface area contributed by atoms with Gasteiger partial charge in [-0.15, -0.1) is 11.3 Å². The maximum atomic E-state index is 12.8. The van der Waals surface area contributed by atoms with Gasteiger partial charge in [0.15, 0.2) is 0 Å². The smallest absolute Gasteiger partial charge is 0.325 e. The predicted octanol–water partition coefficient (Wildman–Crippen LogP) is 1.36. The Bertz CT molecular complexity index is 640. The number of nitrogens with zero attached hydrogens (tertiary/aromatic N) is 1. The Kier molecular flexibility index (Phi) is 3.68. The fourth-order valence-corrected chi connectivity index (χ4v) is 4.20. The number of aryl methyl sites for hydroxylation is 1. The molecule has 1 aliphatic carbocycles. The molecule has 0 saturated carbocycles. The average molecular weight is 321 g/mol. The number of carbonyl (C=O) groups excluding carboxylic acids is 3. The molecule has 1 atom stereocenters. The Balaban J connectivity index is 1.85. The molecule has 0 bridgehead atoms. The van der Waals surface area contributed by atoms with E-state index in [0.29, 0.717) is 6.42 Å². The molecule has 4 amide bonds. The van der Waals surface area contributed by atoms with Gasteiger partial charge in [-0.1, -0.05) is 0 Å². The van der Waals surface area contributed by atoms with Gasteiger partial charge >= 0.3 is 6.03 Å². The average Bonchev–Trinajstić information content (AvgIpc) is 2.99. The van der Waals surface area contributed by atoms with Gasteiger partial charge in [0, 0.05) is 16.5 Å². The first-order valence-electron chi connectivity index (χ1n) is 7.44. The lowest BCUT2D eigenvalue weighted by atomic mass is 9.80. The van der Waals surface area contributed by atoms with Crippen LogP contribution in [-0.2, 0) is 21.5 Å². The molecule has 22 heavy (non-hydrogen) atoms. The Morgan fingerprint density at radius 3 is 3.00 bits per heavy atom. The molecule has 1 fully saturated rings. The third-order valence-corrected chi connectivity index (χ3v) is 5.07. The summed E-state index contributed by atoms with van der Waals surface area (Å²) in [6, 6.07) is 1.40. The number of rotatable bonds is 3. The summed E-state index contributed by atoms with van der Waals surface area (Å²) in [5, 5.41) is 7.49. The van der Waals surface area contributed by atoms with Crippen LogP contribution in [0.25, 0.3) is 0 Å². The van der Waals surface area contributed by atoms with Crippen molar-refractivity contribution in [2.45, 2.75) is 44.7 Å². The van der Waals surface area contributed by atoms with E-state index in [-0.39, 0.29) is 24.4 Å². The number of imide groups is 1. The molecule has 118 valence electrons. The van der Waals surface area contributed by atoms with Gasteiger partial charge in [-0.3, -0.25) is 14.5 Å². The molecule has 3 rings (SSSR count). The van der Waals surface area contributed by atoms with Crippen molar-refractivity contribution in [1.29, 1.82) is 0 Å². The van der Waals surface area contributed by atoms with Gasteiger partial charge < -0.3 is 10.6 Å². The third kappa shape index (κ3) is 2.29. The highest BCUT2D eigenvalue weighted by atomic mass is 32.1. The maximum absolute atomic E-state index is 12.8. The summed E-state index contributed by atoms with van der Waals surface area (Å²) >= 11 is 1.61. The number of hydrogen-bond acceptors (Lipinski definition) is 4. The summed E-state index contributed by atoms with van der Waals surface area (Å²) in [7, 11) is 0. The van der Waals surface area contributed by atoms with E-state index >= 15 is 0 Å². The van der Waals surface area contributed by atoms with Crippen LogP contribution < -0.4 is 10.6 Å². The largest absolute Gasteiger partial charge is 0.352 e. The third-order valence-electron chi connectivity index (χ3n) is 4.09. The first-order chi connectivity index (χ1) is 10.4. The van der Waals surface area contributed by atoms with Crippen molar-refractivity contribution >= 4 is 29.2 Å². The molecule has 2 N–H and O–H groups in total. The van der Waals surface area contributed by atoms with Crippen LogP contribution in [0.15, 0.2) is 11.4 Å². The summed E-state index contributed by atoms with van der Waals surface area (Å²) in [5.74, 6) is -0.632. The summed E-state index contributed by atoms with van der Waals surface area (Å²) in [5.41, 5.74) is -0.0724. The highest BCUT2D eigenvalue weighted by molar-refractivity contribution is 7.10. The lowest BCUT2D eigenvalue weighted by Crippen LogP contribution is -2.47. The molecule has 6 nitrogen and oxygen atoms in total. The molecule has 0 radical (unpaired) electrons. The van der Waals surface area contributed by atoms with Crippen molar-refractivity contribution < 1.29 is 14.4 Å². The van der Waals surface area contributed by atoms with Crippen LogP contribution in [0.3, 0.4) is 0 Å². The van der Waals surface area contributed by atoms with E-state index in [1.54, 1.807) is 11.3 Å². The summed E-state index contributed by atoms with van der Waals surface area (Å²) < 4.78 is 0. The second-order valence-corrected chi connectivity index (χ2v) is 7.06. The van der Waals surface area contributed by atoms with Gasteiger partial charge in [0.25, 0.3) is 5.91 Å². The zero-order chi connectivity index (χ0) is 15.9. The molecular weight excluding hydrogens is 302 g/mol. The highest BCUT2D eigenvalue weighted by Gasteiger charge is 2.54. The molecule has 1 aliphatic heterocycles. The SMILES string of the molecule is CC(C)NC(=O)CN1C(=O)NC2(CCCc3sccc32)C1=O. The highest BCUT2D eigenvalue weighted by Crippen LogP contribution is 2.41. The van der Waals surface area contributed by atoms with E-state index in [0.717, 1.165) is 28.2 Å². The Morgan fingerprint density at radius 1 is 1.50 bits per heavy atom. The van der Waals surface area contributed by atoms with Crippen LogP contribution in [0.5, 0.6) is 0 Å². The van der Waals surface area contributed by atoms with Crippen LogP contribution >= 0.6 is 11.3 Å². The number of thiophene rings is 1. The van der Waals surface area contributed by atoms with E-state index in [9.17, 15) is 14.4 Å². The Morgan fingerprint density at radius 2 is 2.27 bits per heavy atom. The van der Waals surface area contributed by atoms with Crippen LogP contribution in [0.4, 0.5) is 4.79 Å². The number of fused-ring (bicyclic) bond motifs is 2. The predicted molar refractivity (Wildman–Crippen MR) is 82.5 cm³/mol. The Hall–Kier alpha value is -1.89. The molecule has 1 spiro atoms. The second-order valence-electron chi connectivity index (χ2n) is 6.06. The van der Waals surface area contributed by atoms with Gasteiger partial charge in [0.1, 0.15) is 12.1 Å². The number of carbonyl (C=O) groups is 3. The molecule has 2 heterocycles. The van der Waals surface area contributed by atoms with E-state index in [4.69, 9.17) is 0 Å². The van der Waals surface area contributed by atoms with Crippen molar-refractivity contribution in [3.05, 3.63) is 21.9 Å². The maximum Gasteiger partial charge on any atom is 0.325 e. The van der Waals surface area contributed by atoms with E-state index < -0.39 is 11.6 Å². The molecule has 1 aromatic heterocycles. The number of urea groups is 1. The van der Waals surface area contributed by atoms with Crippen molar-refractivity contribution in [1.82, 2.24) is 15.5 Å². The molecule has 1 saturated heterocycles. The first-order valence-corrected chi connectivity index (χ1v) is 8.32. The fourth-order valence-electron chi connectivity index (χ4n) is 3.20. The van der Waals surface area contributed by atoms with Gasteiger partial charge in [0.2, 0.25) is 5.91 Å². The monoisotopic (exact) mass is 321 g/mol. The van der Waals surface area contributed by atoms with Crippen molar-refractivity contribution in [3.8, 4) is 0 Å². The first kappa shape index (κ1) is 15.0. The van der Waals surface area contributed by atoms with E-state index in [1.807, 2.05) is 25.3 Å². The summed E-state index contributed by atoms with van der Waals surface area (Å²) in [6.45, 7) is 3.44. The molecule has 2 aliphatic rings. The van der Waals surface area contributed by atoms with Crippen LogP contribution in [0, 0.1) is 0 Å². The quantitative estimate of drug-likeness (QED) is 0.825. The topological polar surface area (TPSA) is 78.5 Å². The van der Waals surface area contributed by atoms with Gasteiger partial charge in [0.05, 0.1) is 0 Å². The standard InChI is InChI=1S/C15H19N3O3S/c1-9(2)16-12(19)8-18-13(20)15(17-14(18)21)6-3-4-11-10(15)5-7-22-11/h5,7,9H,3-4,6,8H2,1-2H3,(H,16,19)(H,17,21). The molecule has 1 aromatic rings. The van der Waals surface area contributed by atoms with Gasteiger partial charge in [-0.2, -0.15) is 0 Å². The van der Waals surface area contributed by atoms with Crippen molar-refractivity contribution in [2.75, 3.05) is 6.54 Å². The lowest BCUT2D eigenvalue weighted by Gasteiger charge is -2.31. The minimum Gasteiger partial charge on any atom is -0.352 e. The number of nitrogens with one attached hydrogen (secondary N) is 2. The van der Waals surface area contributed by atoms with Gasteiger partial charge in [-0.05, 0) is 44.6 Å². The minimum atomic E-state index is -0.969. The molecular formula is C15H19N3O3S. The summed E-state index contributed by atoms with van der Waals surface area (Å²) in [6.07, 6.45) is 2.38. The van der Waals surface area contributed by atoms with E-state index in [2.05, 4.69) is 10.6 Å². The van der Waals surface area contributed by atoms with Gasteiger partial charge in [-0.25, -0.2) is 4.79 Å². The second kappa shape index (κ2) is 5.39. The molecule has 0 aromatic carbocycles. The van der Waals surface area contributed by atoms with Crippen molar-refractivity contribution in [2.24, 2.45) is 0 Å². The minimum absolute atomic E-state index is 0.0274. The zero-order valence-electron chi connectivity index (χ0n) is 12.6. The number of hydrogen-bond donors (Lipinski definition) is 2. The van der Waals surface area contributed by atoms with Crippen LogP contribution in [-0.4, -0.2) is 35.3 Å². The molecule has 7 heteroatoms. The molecule has 1 unspecified atom stereocenters. The van der Waals surface area contributed by atoms with E-state index in [1.165, 1.54) is 0 Å². The normalized spacial score (nSPS) is 23.9. The summed E-state index contributed by atoms with van der Waals surface area (Å²) in [4.78, 5) is 39.1. The van der Waals surface area contributed by atoms with Crippen molar-refractivity contribution in [3.63, 3.8) is 0 Å². The lowest BCUT2D eigenvalue weighted by molar-refractivity contribution is -0.135. The Labute approximate surface area is 132 Å². The van der Waals surface area contributed by atoms with Crippen LogP contribution in [0.1, 0.15) is 37.1 Å². The van der Waals surface area contributed by atoms with Crippen LogP contribution in [0.2, 0.25) is 0 Å². The zero-order valence-corrected chi connectivity index (χ0v) is 13.5. The number of amides is 4.